The van der Waals surface area contributed by atoms with Crippen LogP contribution in [0.5, 0.6) is 0 Å². The Kier molecular flexibility index (Phi) is 3.89. The van der Waals surface area contributed by atoms with E-state index in [9.17, 15) is 0 Å². The molecule has 0 saturated carbocycles. The number of aromatic amines is 2. The molecule has 0 unspecified atom stereocenters. The Morgan fingerprint density at radius 1 is 0.480 bits per heavy atom. The van der Waals surface area contributed by atoms with E-state index in [4.69, 9.17) is 0 Å². The normalized spacial score (nSPS) is 12.2. The van der Waals surface area contributed by atoms with Crippen molar-refractivity contribution in [1.29, 1.82) is 0 Å². The van der Waals surface area contributed by atoms with Gasteiger partial charge in [0.2, 0.25) is 0 Å². The summed E-state index contributed by atoms with van der Waals surface area (Å²) in [6.07, 6.45) is 8.05. The van der Waals surface area contributed by atoms with Crippen LogP contribution in [0, 0.1) is 0 Å². The average molecular weight is 362 g/mol. The van der Waals surface area contributed by atoms with Crippen molar-refractivity contribution in [3.8, 4) is 0 Å². The Balaban J connectivity index is 0.00000157. The van der Waals surface area contributed by atoms with Crippen molar-refractivity contribution in [2.24, 2.45) is 0 Å². The fraction of sp³-hybridized carbons (Fsp3) is 0. The Morgan fingerprint density at radius 2 is 0.840 bits per heavy atom. The molecule has 2 aliphatic rings. The number of fused-ring (bicyclic) bond motifs is 8. The van der Waals surface area contributed by atoms with Crippen LogP contribution in [-0.2, 0) is 17.4 Å². The maximum atomic E-state index is 4.62. The van der Waals surface area contributed by atoms with Gasteiger partial charge in [0.15, 0.2) is 0 Å². The Bertz CT molecular complexity index is 1080. The van der Waals surface area contributed by atoms with E-state index in [1.165, 1.54) is 0 Å². The molecule has 3 aromatic rings. The fourth-order valence-corrected chi connectivity index (χ4v) is 2.94. The average Bonchev–Trinajstić information content (AvgIpc) is 3.32. The van der Waals surface area contributed by atoms with Crippen LogP contribution in [0.2, 0.25) is 0 Å². The molecule has 120 valence electrons. The van der Waals surface area contributed by atoms with Gasteiger partial charge >= 0.3 is 0 Å². The molecule has 0 aromatic carbocycles. The predicted octanol–water partition coefficient (Wildman–Crippen LogP) is 4.65. The third-order valence-electron chi connectivity index (χ3n) is 4.04. The number of hydrogen-bond acceptors (Lipinski definition) is 2. The minimum absolute atomic E-state index is 0. The van der Waals surface area contributed by atoms with Crippen LogP contribution < -0.4 is 0 Å². The van der Waals surface area contributed by atoms with E-state index in [2.05, 4.69) is 50.3 Å². The van der Waals surface area contributed by atoms with Crippen molar-refractivity contribution in [2.75, 3.05) is 0 Å². The van der Waals surface area contributed by atoms with Crippen LogP contribution in [0.1, 0.15) is 22.8 Å². The number of nitrogens with one attached hydrogen (secondary N) is 2. The van der Waals surface area contributed by atoms with Crippen molar-refractivity contribution in [3.63, 3.8) is 0 Å². The second-order valence-corrected chi connectivity index (χ2v) is 5.91. The summed E-state index contributed by atoms with van der Waals surface area (Å²) in [4.78, 5) is 16.0. The number of rotatable bonds is 0. The topological polar surface area (TPSA) is 57.4 Å². The second kappa shape index (κ2) is 6.21. The van der Waals surface area contributed by atoms with Crippen LogP contribution >= 0.6 is 0 Å². The zero-order chi connectivity index (χ0) is 15.9. The fourth-order valence-electron chi connectivity index (χ4n) is 2.94. The number of aromatic nitrogens is 4. The first kappa shape index (κ1) is 15.6. The SMILES string of the molecule is C1=Cc2cc3ccc(cc4ccc(cc5nc(cc1n2)C=C5)[nH]4)[nH]3.[Cr]. The van der Waals surface area contributed by atoms with E-state index >= 15 is 0 Å². The maximum absolute atomic E-state index is 4.62. The van der Waals surface area contributed by atoms with Crippen molar-refractivity contribution >= 4 is 46.4 Å². The molecule has 0 fully saturated rings. The second-order valence-electron chi connectivity index (χ2n) is 5.91. The van der Waals surface area contributed by atoms with Gasteiger partial charge in [-0.05, 0) is 72.8 Å². The zero-order valence-electron chi connectivity index (χ0n) is 13.2. The summed E-state index contributed by atoms with van der Waals surface area (Å²) in [5, 5.41) is 0. The summed E-state index contributed by atoms with van der Waals surface area (Å²) >= 11 is 0. The molecule has 3 aromatic heterocycles. The Morgan fingerprint density at radius 3 is 1.28 bits per heavy atom. The van der Waals surface area contributed by atoms with Gasteiger partial charge in [0.05, 0.1) is 22.8 Å². The van der Waals surface area contributed by atoms with Gasteiger partial charge in [0.25, 0.3) is 0 Å². The van der Waals surface area contributed by atoms with Crippen LogP contribution in [0.15, 0.2) is 48.5 Å². The van der Waals surface area contributed by atoms with E-state index in [1.807, 2.05) is 42.5 Å². The summed E-state index contributed by atoms with van der Waals surface area (Å²) in [6, 6.07) is 16.4. The molecule has 0 saturated heterocycles. The minimum atomic E-state index is 0. The van der Waals surface area contributed by atoms with Gasteiger partial charge in [-0.15, -0.1) is 0 Å². The molecule has 4 nitrogen and oxygen atoms in total. The third kappa shape index (κ3) is 3.20. The molecule has 0 atom stereocenters. The Hall–Kier alpha value is -2.87. The molecule has 0 aliphatic carbocycles. The first-order valence-electron chi connectivity index (χ1n) is 7.85. The first-order valence-corrected chi connectivity index (χ1v) is 7.85. The van der Waals surface area contributed by atoms with Gasteiger partial charge in [0, 0.05) is 39.4 Å². The summed E-state index contributed by atoms with van der Waals surface area (Å²) in [5.41, 5.74) is 7.86. The molecule has 0 radical (unpaired) electrons. The number of hydrogen-bond donors (Lipinski definition) is 2. The van der Waals surface area contributed by atoms with Crippen LogP contribution in [-0.4, -0.2) is 19.9 Å². The van der Waals surface area contributed by atoms with Gasteiger partial charge in [-0.1, -0.05) is 0 Å². The van der Waals surface area contributed by atoms with Crippen LogP contribution in [0.25, 0.3) is 46.4 Å². The molecule has 25 heavy (non-hydrogen) atoms. The maximum Gasteiger partial charge on any atom is 0.0659 e. The molecule has 8 bridgehead atoms. The van der Waals surface area contributed by atoms with Gasteiger partial charge in [0.1, 0.15) is 0 Å². The van der Waals surface area contributed by atoms with Crippen molar-refractivity contribution in [2.45, 2.75) is 0 Å². The van der Waals surface area contributed by atoms with E-state index < -0.39 is 0 Å². The molecule has 2 aliphatic heterocycles. The van der Waals surface area contributed by atoms with Gasteiger partial charge < -0.3 is 9.97 Å². The van der Waals surface area contributed by atoms with Crippen LogP contribution in [0.4, 0.5) is 0 Å². The molecule has 5 rings (SSSR count). The summed E-state index contributed by atoms with van der Waals surface area (Å²) in [7, 11) is 0. The minimum Gasteiger partial charge on any atom is -0.355 e. The largest absolute Gasteiger partial charge is 0.355 e. The van der Waals surface area contributed by atoms with Gasteiger partial charge in [-0.3, -0.25) is 0 Å². The summed E-state index contributed by atoms with van der Waals surface area (Å²) in [6.45, 7) is 0. The standard InChI is InChI=1S/C20H14N4.Cr/c1-2-14-10-16-5-6-18(23-16)12-20-8-7-19(24-20)11-17-4-3-15(22-17)9-13(1)21-14;/h1-12,21-22H;. The Labute approximate surface area is 155 Å². The van der Waals surface area contributed by atoms with E-state index in [0.29, 0.717) is 0 Å². The predicted molar refractivity (Wildman–Crippen MR) is 98.9 cm³/mol. The van der Waals surface area contributed by atoms with E-state index in [-0.39, 0.29) is 17.4 Å². The zero-order valence-corrected chi connectivity index (χ0v) is 14.5. The first-order chi connectivity index (χ1) is 11.8. The van der Waals surface area contributed by atoms with E-state index in [0.717, 1.165) is 44.8 Å². The summed E-state index contributed by atoms with van der Waals surface area (Å²) in [5.74, 6) is 0. The summed E-state index contributed by atoms with van der Waals surface area (Å²) < 4.78 is 0. The molecule has 5 heterocycles. The molecular formula is C20H14CrN4. The third-order valence-corrected chi connectivity index (χ3v) is 4.04. The van der Waals surface area contributed by atoms with Gasteiger partial charge in [-0.25, -0.2) is 9.97 Å². The van der Waals surface area contributed by atoms with Crippen LogP contribution in [0.3, 0.4) is 0 Å². The van der Waals surface area contributed by atoms with E-state index in [1.54, 1.807) is 0 Å². The number of nitrogens with zero attached hydrogens (tertiary/aromatic N) is 2. The smallest absolute Gasteiger partial charge is 0.0659 e. The van der Waals surface area contributed by atoms with Crippen molar-refractivity contribution < 1.29 is 17.4 Å². The van der Waals surface area contributed by atoms with Gasteiger partial charge in [-0.2, -0.15) is 0 Å². The van der Waals surface area contributed by atoms with Crippen molar-refractivity contribution in [1.82, 2.24) is 19.9 Å². The molecule has 0 spiro atoms. The monoisotopic (exact) mass is 362 g/mol. The molecule has 5 heteroatoms. The molecule has 0 amide bonds. The number of H-pyrrole nitrogens is 2. The molecule has 2 N–H and O–H groups in total. The molecular weight excluding hydrogens is 348 g/mol. The van der Waals surface area contributed by atoms with Crippen molar-refractivity contribution in [3.05, 3.63) is 71.3 Å². The quantitative estimate of drug-likeness (QED) is 0.421.